The largest absolute Gasteiger partial charge is 0.374 e. The number of carbonyl (C=O) groups excluding carboxylic acids is 5. The Morgan fingerprint density at radius 2 is 1.58 bits per heavy atom. The average molecular weight is 687 g/mol. The molecule has 0 aliphatic heterocycles. The minimum absolute atomic E-state index is 0.0304. The number of thiazole rings is 1. The number of nitrogens with zero attached hydrogens (tertiary/aromatic N) is 2. The minimum atomic E-state index is -1.09. The van der Waals surface area contributed by atoms with Gasteiger partial charge < -0.3 is 30.9 Å². The van der Waals surface area contributed by atoms with Crippen molar-refractivity contribution in [1.82, 2.24) is 31.2 Å². The lowest BCUT2D eigenvalue weighted by Crippen LogP contribution is -2.57. The molecule has 0 aliphatic rings. The quantitative estimate of drug-likeness (QED) is 0.164. The number of Topliss-reactive ketones (excluding diaryl/α,β-unsaturated/α-hetero) is 1. The molecule has 0 radical (unpaired) electrons. The summed E-state index contributed by atoms with van der Waals surface area (Å²) >= 11 is 1.24. The molecule has 4 amide bonds. The number of ketones is 1. The summed E-state index contributed by atoms with van der Waals surface area (Å²) in [6, 6.07) is 6.60. The molecule has 266 valence electrons. The van der Waals surface area contributed by atoms with Gasteiger partial charge in [-0.3, -0.25) is 24.0 Å². The molecule has 0 saturated heterocycles. The van der Waals surface area contributed by atoms with E-state index in [9.17, 15) is 24.0 Å². The molecule has 0 saturated carbocycles. The fourth-order valence-corrected chi connectivity index (χ4v) is 6.47. The molecule has 4 N–H and O–H groups in total. The predicted molar refractivity (Wildman–Crippen MR) is 187 cm³/mol. The van der Waals surface area contributed by atoms with E-state index in [0.717, 1.165) is 5.56 Å². The van der Waals surface area contributed by atoms with Gasteiger partial charge in [0, 0.05) is 45.5 Å². The molecule has 2 rings (SSSR count). The van der Waals surface area contributed by atoms with E-state index in [2.05, 4.69) is 26.3 Å². The van der Waals surface area contributed by atoms with Gasteiger partial charge in [0.05, 0.1) is 6.04 Å². The van der Waals surface area contributed by atoms with Crippen LogP contribution in [0.25, 0.3) is 0 Å². The van der Waals surface area contributed by atoms with Crippen molar-refractivity contribution in [2.75, 3.05) is 28.3 Å². The first kappa shape index (κ1) is 40.5. The highest BCUT2D eigenvalue weighted by Gasteiger charge is 2.36. The number of aromatic nitrogens is 1. The number of likely N-dealkylation sites (N-methyl/N-ethyl adjacent to an activating group) is 3. The first-order valence-corrected chi connectivity index (χ1v) is 17.4. The standard InChI is InChI=1S/C35H54N6O6S/c1-11-22(6)29(40-32(44)28(36-7)21(4)5)35(46)41(9)26(20(2)3)18-27(47-10)34-39-25(19-48-34)31(43)38-24(30(42)33(45)37-8)17-23-15-13-12-14-16-23/h12-16,19-22,24,26-29,36H,11,17-18H2,1-10H3,(H,37,45)(H,38,43)(H,40,44). The van der Waals surface area contributed by atoms with Crippen LogP contribution in [0.15, 0.2) is 35.7 Å². The van der Waals surface area contributed by atoms with Crippen LogP contribution < -0.4 is 21.3 Å². The van der Waals surface area contributed by atoms with Crippen LogP contribution in [0.3, 0.4) is 0 Å². The second kappa shape index (κ2) is 19.4. The number of carbonyl (C=O) groups is 5. The molecule has 0 aliphatic carbocycles. The number of hydrogen-bond acceptors (Lipinski definition) is 9. The van der Waals surface area contributed by atoms with E-state index in [1.54, 1.807) is 31.5 Å². The molecule has 0 fully saturated rings. The van der Waals surface area contributed by atoms with Gasteiger partial charge in [-0.15, -0.1) is 11.3 Å². The third-order valence-corrected chi connectivity index (χ3v) is 9.71. The second-order valence-electron chi connectivity index (χ2n) is 12.8. The predicted octanol–water partition coefficient (Wildman–Crippen LogP) is 3.13. The van der Waals surface area contributed by atoms with E-state index in [1.165, 1.54) is 18.4 Å². The van der Waals surface area contributed by atoms with Crippen LogP contribution in [0, 0.1) is 17.8 Å². The van der Waals surface area contributed by atoms with Crippen molar-refractivity contribution in [3.8, 4) is 0 Å². The van der Waals surface area contributed by atoms with E-state index >= 15 is 0 Å². The zero-order valence-corrected chi connectivity index (χ0v) is 30.8. The number of benzene rings is 1. The van der Waals surface area contributed by atoms with Crippen molar-refractivity contribution in [2.24, 2.45) is 17.8 Å². The first-order chi connectivity index (χ1) is 22.7. The lowest BCUT2D eigenvalue weighted by molar-refractivity contribution is -0.140. The monoisotopic (exact) mass is 686 g/mol. The highest BCUT2D eigenvalue weighted by Crippen LogP contribution is 2.30. The number of hydrogen-bond donors (Lipinski definition) is 4. The smallest absolute Gasteiger partial charge is 0.289 e. The normalized spacial score (nSPS) is 15.2. The van der Waals surface area contributed by atoms with Crippen LogP contribution >= 0.6 is 11.3 Å². The van der Waals surface area contributed by atoms with Gasteiger partial charge in [0.2, 0.25) is 17.6 Å². The number of rotatable bonds is 19. The third kappa shape index (κ3) is 10.9. The maximum absolute atomic E-state index is 14.0. The minimum Gasteiger partial charge on any atom is -0.374 e. The molecule has 13 heteroatoms. The van der Waals surface area contributed by atoms with Gasteiger partial charge in [0.1, 0.15) is 28.9 Å². The van der Waals surface area contributed by atoms with E-state index < -0.39 is 41.8 Å². The van der Waals surface area contributed by atoms with Crippen LogP contribution in [0.2, 0.25) is 0 Å². The molecule has 6 unspecified atom stereocenters. The molecule has 1 aromatic heterocycles. The summed E-state index contributed by atoms with van der Waals surface area (Å²) in [6.07, 6.45) is 0.688. The molecule has 1 heterocycles. The number of nitrogens with one attached hydrogen (secondary N) is 4. The zero-order valence-electron chi connectivity index (χ0n) is 30.0. The summed E-state index contributed by atoms with van der Waals surface area (Å²) in [7, 11) is 6.39. The topological polar surface area (TPSA) is 159 Å². The van der Waals surface area contributed by atoms with Crippen molar-refractivity contribution >= 4 is 40.7 Å². The SMILES string of the molecule is CCC(C)C(NC(=O)C(NC)C(C)C)C(=O)N(C)C(CC(OC)c1nc(C(=O)NC(Cc2ccccc2)C(=O)C(=O)NC)cs1)C(C)C. The molecular formula is C35H54N6O6S. The maximum atomic E-state index is 14.0. The number of ether oxygens (including phenoxy) is 1. The highest BCUT2D eigenvalue weighted by molar-refractivity contribution is 7.09. The summed E-state index contributed by atoms with van der Waals surface area (Å²) in [5.74, 6) is -2.58. The van der Waals surface area contributed by atoms with Gasteiger partial charge in [0.15, 0.2) is 0 Å². The molecule has 0 bridgehead atoms. The summed E-state index contributed by atoms with van der Waals surface area (Å²) < 4.78 is 5.84. The summed E-state index contributed by atoms with van der Waals surface area (Å²) in [4.78, 5) is 71.7. The van der Waals surface area contributed by atoms with E-state index in [0.29, 0.717) is 17.8 Å². The fraction of sp³-hybridized carbons (Fsp3) is 0.600. The Labute approximate surface area is 289 Å². The van der Waals surface area contributed by atoms with E-state index in [4.69, 9.17) is 4.74 Å². The van der Waals surface area contributed by atoms with Crippen LogP contribution in [0.1, 0.15) is 81.5 Å². The molecule has 12 nitrogen and oxygen atoms in total. The molecule has 6 atom stereocenters. The summed E-state index contributed by atoms with van der Waals surface area (Å²) in [5, 5.41) is 13.2. The lowest BCUT2D eigenvalue weighted by atomic mass is 9.92. The van der Waals surface area contributed by atoms with Gasteiger partial charge in [-0.1, -0.05) is 78.3 Å². The Hall–Kier alpha value is -3.68. The lowest BCUT2D eigenvalue weighted by Gasteiger charge is -2.37. The molecule has 2 aromatic rings. The number of amides is 4. The Bertz CT molecular complexity index is 1370. The van der Waals surface area contributed by atoms with Gasteiger partial charge in [-0.25, -0.2) is 4.98 Å². The van der Waals surface area contributed by atoms with Crippen molar-refractivity contribution in [3.05, 3.63) is 52.0 Å². The van der Waals surface area contributed by atoms with Gasteiger partial charge in [-0.05, 0) is 30.4 Å². The van der Waals surface area contributed by atoms with E-state index in [-0.39, 0.29) is 47.7 Å². The Morgan fingerprint density at radius 3 is 2.10 bits per heavy atom. The molecular weight excluding hydrogens is 632 g/mol. The van der Waals surface area contributed by atoms with E-state index in [1.807, 2.05) is 71.9 Å². The van der Waals surface area contributed by atoms with Gasteiger partial charge in [-0.2, -0.15) is 0 Å². The van der Waals surface area contributed by atoms with Gasteiger partial charge in [0.25, 0.3) is 11.8 Å². The van der Waals surface area contributed by atoms with Crippen molar-refractivity contribution in [2.45, 2.75) is 91.1 Å². The second-order valence-corrected chi connectivity index (χ2v) is 13.7. The summed E-state index contributed by atoms with van der Waals surface area (Å²) in [6.45, 7) is 11.9. The van der Waals surface area contributed by atoms with Crippen LogP contribution in [0.4, 0.5) is 0 Å². The number of methoxy groups -OCH3 is 1. The molecule has 1 aromatic carbocycles. The Balaban J connectivity index is 2.27. The fourth-order valence-electron chi connectivity index (χ4n) is 5.58. The van der Waals surface area contributed by atoms with Gasteiger partial charge >= 0.3 is 0 Å². The van der Waals surface area contributed by atoms with Crippen LogP contribution in [-0.2, 0) is 30.3 Å². The van der Waals surface area contributed by atoms with Crippen molar-refractivity contribution < 1.29 is 28.7 Å². The summed E-state index contributed by atoms with van der Waals surface area (Å²) in [5.41, 5.74) is 0.878. The zero-order chi connectivity index (χ0) is 36.1. The first-order valence-electron chi connectivity index (χ1n) is 16.5. The van der Waals surface area contributed by atoms with Crippen molar-refractivity contribution in [3.63, 3.8) is 0 Å². The third-order valence-electron chi connectivity index (χ3n) is 8.78. The Kier molecular flexibility index (Phi) is 16.3. The van der Waals surface area contributed by atoms with Crippen LogP contribution in [0.5, 0.6) is 0 Å². The maximum Gasteiger partial charge on any atom is 0.289 e. The molecule has 0 spiro atoms. The highest BCUT2D eigenvalue weighted by atomic mass is 32.1. The molecule has 48 heavy (non-hydrogen) atoms. The van der Waals surface area contributed by atoms with Crippen molar-refractivity contribution in [1.29, 1.82) is 0 Å². The Morgan fingerprint density at radius 1 is 0.938 bits per heavy atom. The average Bonchev–Trinajstić information content (AvgIpc) is 3.56. The van der Waals surface area contributed by atoms with Crippen LogP contribution in [-0.4, -0.2) is 91.7 Å².